The van der Waals surface area contributed by atoms with Crippen LogP contribution in [-0.4, -0.2) is 22.3 Å². The minimum absolute atomic E-state index is 0.173. The quantitative estimate of drug-likeness (QED) is 0.673. The zero-order valence-electron chi connectivity index (χ0n) is 9.74. The maximum atomic E-state index is 9.07. The molecule has 3 heteroatoms. The Bertz CT molecular complexity index is 268. The SMILES string of the molecule is CCn1ccc(CNCCCC(C)O)c1. The molecule has 1 rings (SSSR count). The Hall–Kier alpha value is -0.800. The van der Waals surface area contributed by atoms with Crippen LogP contribution >= 0.6 is 0 Å². The normalized spacial score (nSPS) is 13.0. The number of rotatable bonds is 7. The predicted molar refractivity (Wildman–Crippen MR) is 62.7 cm³/mol. The molecule has 0 radical (unpaired) electrons. The Morgan fingerprint density at radius 1 is 1.53 bits per heavy atom. The Labute approximate surface area is 92.1 Å². The number of hydrogen-bond donors (Lipinski definition) is 2. The summed E-state index contributed by atoms with van der Waals surface area (Å²) in [5.74, 6) is 0. The molecule has 0 amide bonds. The Kier molecular flexibility index (Phi) is 5.43. The van der Waals surface area contributed by atoms with Gasteiger partial charge in [0.15, 0.2) is 0 Å². The van der Waals surface area contributed by atoms with Gasteiger partial charge in [-0.2, -0.15) is 0 Å². The van der Waals surface area contributed by atoms with Crippen LogP contribution in [0.1, 0.15) is 32.3 Å². The first-order valence-electron chi connectivity index (χ1n) is 5.75. The lowest BCUT2D eigenvalue weighted by Gasteiger charge is -2.05. The molecule has 1 unspecified atom stereocenters. The van der Waals surface area contributed by atoms with Gasteiger partial charge in [-0.25, -0.2) is 0 Å². The van der Waals surface area contributed by atoms with Gasteiger partial charge in [0.05, 0.1) is 6.10 Å². The summed E-state index contributed by atoms with van der Waals surface area (Å²) in [4.78, 5) is 0. The summed E-state index contributed by atoms with van der Waals surface area (Å²) in [6.07, 6.45) is 6.01. The zero-order valence-corrected chi connectivity index (χ0v) is 9.74. The van der Waals surface area contributed by atoms with Gasteiger partial charge >= 0.3 is 0 Å². The van der Waals surface area contributed by atoms with Crippen molar-refractivity contribution in [2.24, 2.45) is 0 Å². The van der Waals surface area contributed by atoms with Gasteiger partial charge < -0.3 is 15.0 Å². The largest absolute Gasteiger partial charge is 0.393 e. The first-order chi connectivity index (χ1) is 7.22. The molecule has 3 nitrogen and oxygen atoms in total. The molecule has 0 aliphatic heterocycles. The van der Waals surface area contributed by atoms with Crippen LogP contribution in [-0.2, 0) is 13.1 Å². The average Bonchev–Trinajstić information content (AvgIpc) is 2.65. The van der Waals surface area contributed by atoms with Crippen molar-refractivity contribution in [3.63, 3.8) is 0 Å². The van der Waals surface area contributed by atoms with Gasteiger partial charge in [-0.1, -0.05) is 0 Å². The summed E-state index contributed by atoms with van der Waals surface area (Å²) in [7, 11) is 0. The molecule has 86 valence electrons. The van der Waals surface area contributed by atoms with Crippen LogP contribution in [0.3, 0.4) is 0 Å². The van der Waals surface area contributed by atoms with E-state index in [1.807, 2.05) is 6.92 Å². The van der Waals surface area contributed by atoms with E-state index in [4.69, 9.17) is 5.11 Å². The van der Waals surface area contributed by atoms with E-state index in [-0.39, 0.29) is 6.10 Å². The highest BCUT2D eigenvalue weighted by molar-refractivity contribution is 5.09. The third-order valence-corrected chi connectivity index (χ3v) is 2.48. The molecule has 1 aromatic rings. The second-order valence-corrected chi connectivity index (χ2v) is 4.02. The molecule has 0 saturated carbocycles. The summed E-state index contributed by atoms with van der Waals surface area (Å²) >= 11 is 0. The molecule has 0 aliphatic rings. The molecular weight excluding hydrogens is 188 g/mol. The highest BCUT2D eigenvalue weighted by Gasteiger charge is 1.97. The monoisotopic (exact) mass is 210 g/mol. The fraction of sp³-hybridized carbons (Fsp3) is 0.667. The number of aryl methyl sites for hydroxylation is 1. The Morgan fingerprint density at radius 3 is 2.93 bits per heavy atom. The van der Waals surface area contributed by atoms with Gasteiger partial charge in [0.2, 0.25) is 0 Å². The Balaban J connectivity index is 2.09. The van der Waals surface area contributed by atoms with Crippen LogP contribution in [0.5, 0.6) is 0 Å². The fourth-order valence-corrected chi connectivity index (χ4v) is 1.55. The smallest absolute Gasteiger partial charge is 0.0512 e. The summed E-state index contributed by atoms with van der Waals surface area (Å²) in [5.41, 5.74) is 1.33. The minimum atomic E-state index is -0.173. The fourth-order valence-electron chi connectivity index (χ4n) is 1.55. The van der Waals surface area contributed by atoms with Crippen LogP contribution in [0.2, 0.25) is 0 Å². The Morgan fingerprint density at radius 2 is 2.33 bits per heavy atom. The second-order valence-electron chi connectivity index (χ2n) is 4.02. The third kappa shape index (κ3) is 5.00. The van der Waals surface area contributed by atoms with Crippen molar-refractivity contribution < 1.29 is 5.11 Å². The van der Waals surface area contributed by atoms with E-state index in [1.54, 1.807) is 0 Å². The third-order valence-electron chi connectivity index (χ3n) is 2.48. The number of aliphatic hydroxyl groups excluding tert-OH is 1. The van der Waals surface area contributed by atoms with E-state index >= 15 is 0 Å². The first kappa shape index (κ1) is 12.3. The molecule has 1 heterocycles. The summed E-state index contributed by atoms with van der Waals surface area (Å²) in [5, 5.41) is 12.4. The molecule has 2 N–H and O–H groups in total. The molecule has 1 aromatic heterocycles. The minimum Gasteiger partial charge on any atom is -0.393 e. The van der Waals surface area contributed by atoms with E-state index in [9.17, 15) is 0 Å². The standard InChI is InChI=1S/C12H22N2O/c1-3-14-8-6-12(10-14)9-13-7-4-5-11(2)15/h6,8,10-11,13,15H,3-5,7,9H2,1-2H3. The maximum Gasteiger partial charge on any atom is 0.0512 e. The van der Waals surface area contributed by atoms with Gasteiger partial charge in [0.1, 0.15) is 0 Å². The highest BCUT2D eigenvalue weighted by atomic mass is 16.3. The van der Waals surface area contributed by atoms with E-state index in [2.05, 4.69) is 35.3 Å². The number of nitrogens with one attached hydrogen (secondary N) is 1. The molecule has 0 bridgehead atoms. The van der Waals surface area contributed by atoms with Crippen molar-refractivity contribution in [1.82, 2.24) is 9.88 Å². The molecule has 0 saturated heterocycles. The van der Waals surface area contributed by atoms with Crippen molar-refractivity contribution >= 4 is 0 Å². The number of nitrogens with zero attached hydrogens (tertiary/aromatic N) is 1. The van der Waals surface area contributed by atoms with Crippen LogP contribution in [0, 0.1) is 0 Å². The molecule has 0 fully saturated rings. The van der Waals surface area contributed by atoms with Gasteiger partial charge in [-0.05, 0) is 44.9 Å². The van der Waals surface area contributed by atoms with E-state index < -0.39 is 0 Å². The molecular formula is C12H22N2O. The molecule has 0 aromatic carbocycles. The van der Waals surface area contributed by atoms with Crippen LogP contribution in [0.4, 0.5) is 0 Å². The van der Waals surface area contributed by atoms with Crippen molar-refractivity contribution in [2.75, 3.05) is 6.54 Å². The summed E-state index contributed by atoms with van der Waals surface area (Å²) in [6.45, 7) is 6.90. The van der Waals surface area contributed by atoms with Crippen LogP contribution < -0.4 is 5.32 Å². The summed E-state index contributed by atoms with van der Waals surface area (Å²) in [6, 6.07) is 2.14. The predicted octanol–water partition coefficient (Wildman–Crippen LogP) is 1.76. The topological polar surface area (TPSA) is 37.2 Å². The van der Waals surface area contributed by atoms with E-state index in [0.29, 0.717) is 0 Å². The van der Waals surface area contributed by atoms with Crippen LogP contribution in [0.15, 0.2) is 18.5 Å². The number of aromatic nitrogens is 1. The first-order valence-corrected chi connectivity index (χ1v) is 5.75. The van der Waals surface area contributed by atoms with Gasteiger partial charge in [0.25, 0.3) is 0 Å². The van der Waals surface area contributed by atoms with E-state index in [1.165, 1.54) is 5.56 Å². The van der Waals surface area contributed by atoms with Gasteiger partial charge in [-0.3, -0.25) is 0 Å². The van der Waals surface area contributed by atoms with Crippen molar-refractivity contribution in [2.45, 2.75) is 45.9 Å². The zero-order chi connectivity index (χ0) is 11.1. The maximum absolute atomic E-state index is 9.07. The molecule has 0 aliphatic carbocycles. The lowest BCUT2D eigenvalue weighted by Crippen LogP contribution is -2.15. The lowest BCUT2D eigenvalue weighted by molar-refractivity contribution is 0.181. The number of aliphatic hydroxyl groups is 1. The van der Waals surface area contributed by atoms with Crippen molar-refractivity contribution in [3.05, 3.63) is 24.0 Å². The molecule has 15 heavy (non-hydrogen) atoms. The lowest BCUT2D eigenvalue weighted by atomic mass is 10.2. The number of hydrogen-bond acceptors (Lipinski definition) is 2. The van der Waals surface area contributed by atoms with Gasteiger partial charge in [0, 0.05) is 25.5 Å². The van der Waals surface area contributed by atoms with Crippen molar-refractivity contribution in [3.8, 4) is 0 Å². The molecule has 0 spiro atoms. The van der Waals surface area contributed by atoms with Crippen LogP contribution in [0.25, 0.3) is 0 Å². The second kappa shape index (κ2) is 6.64. The summed E-state index contributed by atoms with van der Waals surface area (Å²) < 4.78 is 2.17. The molecule has 1 atom stereocenters. The highest BCUT2D eigenvalue weighted by Crippen LogP contribution is 2.01. The van der Waals surface area contributed by atoms with Gasteiger partial charge in [-0.15, -0.1) is 0 Å². The van der Waals surface area contributed by atoms with Crippen molar-refractivity contribution in [1.29, 1.82) is 0 Å². The van der Waals surface area contributed by atoms with E-state index in [0.717, 1.165) is 32.5 Å². The average molecular weight is 210 g/mol.